The van der Waals surface area contributed by atoms with Gasteiger partial charge in [0.05, 0.1) is 42.7 Å². The molecule has 0 radical (unpaired) electrons. The van der Waals surface area contributed by atoms with Gasteiger partial charge in [-0.15, -0.1) is 0 Å². The van der Waals surface area contributed by atoms with E-state index in [0.29, 0.717) is 51.1 Å². The van der Waals surface area contributed by atoms with Crippen molar-refractivity contribution in [3.8, 4) is 23.0 Å². The van der Waals surface area contributed by atoms with Gasteiger partial charge < -0.3 is 23.7 Å². The molecule has 3 aromatic carbocycles. The molecule has 0 saturated heterocycles. The van der Waals surface area contributed by atoms with E-state index in [2.05, 4.69) is 4.99 Å². The molecule has 0 N–H and O–H groups in total. The quantitative estimate of drug-likeness (QED) is 0.187. The summed E-state index contributed by atoms with van der Waals surface area (Å²) in [5, 5.41) is 0. The average Bonchev–Trinajstić information content (AvgIpc) is 3.33. The van der Waals surface area contributed by atoms with Crippen LogP contribution in [-0.2, 0) is 9.53 Å². The first-order chi connectivity index (χ1) is 20.9. The lowest BCUT2D eigenvalue weighted by Crippen LogP contribution is -2.39. The number of nitrogens with zero attached hydrogens (tertiary/aromatic N) is 2. The molecule has 4 aromatic rings. The number of allylic oxidation sites excluding steroid dienone is 1. The van der Waals surface area contributed by atoms with Crippen molar-refractivity contribution in [1.29, 1.82) is 0 Å². The highest BCUT2D eigenvalue weighted by atomic mass is 32.1. The standard InChI is InChI=1S/C33H32N2O7S/c1-5-40-32(37)29-21(2)34-33-35(30(29)23-12-14-24(38-3)15-13-23)31(36)28(43-33)20-22-11-16-26(27(19-22)39-4)42-18-17-41-25-9-7-6-8-10-25/h6-16,19-20,30H,5,17-18H2,1-4H3/b28-20-. The van der Waals surface area contributed by atoms with Gasteiger partial charge in [0.1, 0.15) is 24.7 Å². The van der Waals surface area contributed by atoms with Gasteiger partial charge in [0, 0.05) is 0 Å². The third-order valence-corrected chi connectivity index (χ3v) is 7.77. The molecule has 43 heavy (non-hydrogen) atoms. The first-order valence-electron chi connectivity index (χ1n) is 13.8. The Morgan fingerprint density at radius 2 is 1.67 bits per heavy atom. The predicted octanol–water partition coefficient (Wildman–Crippen LogP) is 4.27. The number of benzene rings is 3. The zero-order valence-corrected chi connectivity index (χ0v) is 25.2. The highest BCUT2D eigenvalue weighted by molar-refractivity contribution is 7.07. The van der Waals surface area contributed by atoms with Crippen molar-refractivity contribution in [3.05, 3.63) is 115 Å². The Kier molecular flexibility index (Phi) is 9.26. The van der Waals surface area contributed by atoms with Crippen molar-refractivity contribution in [2.75, 3.05) is 34.0 Å². The van der Waals surface area contributed by atoms with Crippen LogP contribution < -0.4 is 33.8 Å². The Balaban J connectivity index is 1.46. The molecular weight excluding hydrogens is 568 g/mol. The number of hydrogen-bond acceptors (Lipinski definition) is 9. The number of para-hydroxylation sites is 1. The molecule has 0 spiro atoms. The highest BCUT2D eigenvalue weighted by Gasteiger charge is 2.33. The predicted molar refractivity (Wildman–Crippen MR) is 164 cm³/mol. The second-order valence-electron chi connectivity index (χ2n) is 9.50. The van der Waals surface area contributed by atoms with E-state index in [0.717, 1.165) is 16.9 Å². The van der Waals surface area contributed by atoms with Crippen molar-refractivity contribution in [3.63, 3.8) is 0 Å². The minimum atomic E-state index is -0.702. The second-order valence-corrected chi connectivity index (χ2v) is 10.5. The number of carbonyl (C=O) groups is 1. The van der Waals surface area contributed by atoms with Gasteiger partial charge in [-0.25, -0.2) is 9.79 Å². The summed E-state index contributed by atoms with van der Waals surface area (Å²) in [6.45, 7) is 4.41. The zero-order valence-electron chi connectivity index (χ0n) is 24.4. The van der Waals surface area contributed by atoms with E-state index in [1.165, 1.54) is 11.3 Å². The molecule has 0 aliphatic carbocycles. The minimum Gasteiger partial charge on any atom is -0.497 e. The normalized spacial score (nSPS) is 14.5. The van der Waals surface area contributed by atoms with E-state index < -0.39 is 12.0 Å². The molecule has 0 bridgehead atoms. The summed E-state index contributed by atoms with van der Waals surface area (Å²) in [6, 6.07) is 21.6. The number of aromatic nitrogens is 1. The summed E-state index contributed by atoms with van der Waals surface area (Å²) in [4.78, 5) is 32.1. The lowest BCUT2D eigenvalue weighted by atomic mass is 9.96. The topological polar surface area (TPSA) is 97.6 Å². The van der Waals surface area contributed by atoms with Crippen LogP contribution in [0.1, 0.15) is 31.0 Å². The van der Waals surface area contributed by atoms with Crippen LogP contribution in [0.5, 0.6) is 23.0 Å². The maximum Gasteiger partial charge on any atom is 0.338 e. The largest absolute Gasteiger partial charge is 0.497 e. The SMILES string of the molecule is CCOC(=O)C1=C(C)N=c2s/c(=C\c3ccc(OCCOc4ccccc4)c(OC)c3)c(=O)n2C1c1ccc(OC)cc1. The van der Waals surface area contributed by atoms with Crippen molar-refractivity contribution >= 4 is 23.4 Å². The number of methoxy groups -OCH3 is 2. The molecule has 1 aromatic heterocycles. The fraction of sp³-hybridized carbons (Fsp3) is 0.242. The van der Waals surface area contributed by atoms with Crippen LogP contribution in [-0.4, -0.2) is 44.6 Å². The number of ether oxygens (including phenoxy) is 5. The van der Waals surface area contributed by atoms with Gasteiger partial charge in [0.15, 0.2) is 16.3 Å². The lowest BCUT2D eigenvalue weighted by Gasteiger charge is -2.24. The Morgan fingerprint density at radius 3 is 2.37 bits per heavy atom. The maximum atomic E-state index is 13.9. The summed E-state index contributed by atoms with van der Waals surface area (Å²) >= 11 is 1.25. The third-order valence-electron chi connectivity index (χ3n) is 6.79. The Bertz CT molecular complexity index is 1810. The van der Waals surface area contributed by atoms with Crippen LogP contribution >= 0.6 is 11.3 Å². The van der Waals surface area contributed by atoms with Gasteiger partial charge in [-0.3, -0.25) is 9.36 Å². The van der Waals surface area contributed by atoms with Crippen molar-refractivity contribution < 1.29 is 28.5 Å². The van der Waals surface area contributed by atoms with Crippen LogP contribution in [0.2, 0.25) is 0 Å². The van der Waals surface area contributed by atoms with E-state index in [-0.39, 0.29) is 12.2 Å². The van der Waals surface area contributed by atoms with E-state index in [1.54, 1.807) is 56.9 Å². The molecule has 0 fully saturated rings. The van der Waals surface area contributed by atoms with Crippen molar-refractivity contribution in [2.24, 2.45) is 4.99 Å². The summed E-state index contributed by atoms with van der Waals surface area (Å²) < 4.78 is 29.8. The number of rotatable bonds is 11. The summed E-state index contributed by atoms with van der Waals surface area (Å²) in [6.07, 6.45) is 1.78. The highest BCUT2D eigenvalue weighted by Crippen LogP contribution is 2.32. The molecule has 2 heterocycles. The molecule has 10 heteroatoms. The van der Waals surface area contributed by atoms with E-state index >= 15 is 0 Å². The van der Waals surface area contributed by atoms with E-state index in [4.69, 9.17) is 23.7 Å². The fourth-order valence-corrected chi connectivity index (χ4v) is 5.81. The van der Waals surface area contributed by atoms with Gasteiger partial charge in [-0.2, -0.15) is 0 Å². The second kappa shape index (κ2) is 13.4. The van der Waals surface area contributed by atoms with Crippen LogP contribution in [0.15, 0.2) is 93.9 Å². The summed E-state index contributed by atoms with van der Waals surface area (Å²) in [7, 11) is 3.15. The first kappa shape index (κ1) is 29.7. The smallest absolute Gasteiger partial charge is 0.338 e. The molecule has 5 rings (SSSR count). The Labute approximate surface area is 252 Å². The van der Waals surface area contributed by atoms with Crippen LogP contribution in [0.4, 0.5) is 0 Å². The monoisotopic (exact) mass is 600 g/mol. The van der Waals surface area contributed by atoms with Crippen molar-refractivity contribution in [2.45, 2.75) is 19.9 Å². The zero-order chi connectivity index (χ0) is 30.3. The number of thiazole rings is 1. The van der Waals surface area contributed by atoms with E-state index in [9.17, 15) is 9.59 Å². The number of fused-ring (bicyclic) bond motifs is 1. The molecule has 1 aliphatic heterocycles. The van der Waals surface area contributed by atoms with Gasteiger partial charge in [-0.1, -0.05) is 47.7 Å². The molecule has 0 saturated carbocycles. The molecular formula is C33H32N2O7S. The molecule has 222 valence electrons. The summed E-state index contributed by atoms with van der Waals surface area (Å²) in [5.41, 5.74) is 2.05. The minimum absolute atomic E-state index is 0.205. The third kappa shape index (κ3) is 6.49. The van der Waals surface area contributed by atoms with Gasteiger partial charge in [0.25, 0.3) is 5.56 Å². The van der Waals surface area contributed by atoms with Crippen LogP contribution in [0.3, 0.4) is 0 Å². The molecule has 0 amide bonds. The fourth-order valence-electron chi connectivity index (χ4n) is 4.77. The average molecular weight is 601 g/mol. The van der Waals surface area contributed by atoms with Gasteiger partial charge in [0.2, 0.25) is 0 Å². The molecule has 1 aliphatic rings. The summed E-state index contributed by atoms with van der Waals surface area (Å²) in [5.74, 6) is 2.02. The lowest BCUT2D eigenvalue weighted by molar-refractivity contribution is -0.139. The molecule has 9 nitrogen and oxygen atoms in total. The maximum absolute atomic E-state index is 13.9. The first-order valence-corrected chi connectivity index (χ1v) is 14.6. The Morgan fingerprint density at radius 1 is 0.930 bits per heavy atom. The molecule has 1 atom stereocenters. The van der Waals surface area contributed by atoms with Gasteiger partial charge >= 0.3 is 5.97 Å². The number of hydrogen-bond donors (Lipinski definition) is 0. The Hall–Kier alpha value is -4.83. The van der Waals surface area contributed by atoms with Crippen molar-refractivity contribution in [1.82, 2.24) is 4.57 Å². The van der Waals surface area contributed by atoms with E-state index in [1.807, 2.05) is 54.6 Å². The van der Waals surface area contributed by atoms with Crippen LogP contribution in [0, 0.1) is 0 Å². The number of esters is 1. The van der Waals surface area contributed by atoms with Gasteiger partial charge in [-0.05, 0) is 67.4 Å². The number of carbonyl (C=O) groups excluding carboxylic acids is 1. The molecule has 1 unspecified atom stereocenters. The van der Waals surface area contributed by atoms with Crippen LogP contribution in [0.25, 0.3) is 6.08 Å².